The molecule has 0 aromatic rings. The first kappa shape index (κ1) is 7.39. The maximum Gasteiger partial charge on any atom is 0.255 e. The molecule has 1 amide bonds. The van der Waals surface area contributed by atoms with Crippen LogP contribution < -0.4 is 17.2 Å². The number of amides is 1. The number of nitrogens with one attached hydrogen (secondary N) is 1. The molecule has 0 fully saturated rings. The summed E-state index contributed by atoms with van der Waals surface area (Å²) in [6.07, 6.45) is 0.405. The molecule has 47 valence electrons. The molecule has 0 aromatic heterocycles. The Labute approximate surface area is 48.0 Å². The zero-order valence-electron chi connectivity index (χ0n) is 4.55. The minimum Gasteiger partial charge on any atom is -0.330 e. The van der Waals surface area contributed by atoms with Crippen LogP contribution in [0.25, 0.3) is 0 Å². The molecule has 1 atom stereocenters. The first-order chi connectivity index (χ1) is 3.68. The molecule has 8 heavy (non-hydrogen) atoms. The molecule has 5 N–H and O–H groups in total. The molecule has 0 aromatic carbocycles. The Kier molecular flexibility index (Phi) is 3.14. The summed E-state index contributed by atoms with van der Waals surface area (Å²) in [4.78, 5) is 10.0. The van der Waals surface area contributed by atoms with Crippen molar-refractivity contribution in [3.8, 4) is 0 Å². The second-order valence-electron chi connectivity index (χ2n) is 1.55. The fourth-order valence-electron chi connectivity index (χ4n) is 0.311. The summed E-state index contributed by atoms with van der Waals surface area (Å²) in [5.74, 6) is -0.740. The molecule has 0 aliphatic carbocycles. The number of hydrogen-bond donors (Lipinski definition) is 2. The normalized spacial score (nSPS) is 13.2. The smallest absolute Gasteiger partial charge is 0.255 e. The highest BCUT2D eigenvalue weighted by atomic mass is 16.1. The van der Waals surface area contributed by atoms with Crippen LogP contribution in [0.5, 0.6) is 0 Å². The summed E-state index contributed by atoms with van der Waals surface area (Å²) in [5, 5.41) is 0. The highest BCUT2D eigenvalue weighted by Gasteiger charge is 2.06. The third kappa shape index (κ3) is 2.54. The standard InChI is InChI=1S/C4H10N3O/c5-2-1-3(6)4(7)8/h3,7H,1-2,5-6H2/t3-/m1/s1. The molecule has 0 aliphatic heterocycles. The molecule has 0 unspecified atom stereocenters. The van der Waals surface area contributed by atoms with Gasteiger partial charge in [0.15, 0.2) is 0 Å². The predicted octanol–water partition coefficient (Wildman–Crippen LogP) is -1.53. The third-order valence-electron chi connectivity index (χ3n) is 0.814. The average Bonchev–Trinajstić information content (AvgIpc) is 1.67. The van der Waals surface area contributed by atoms with E-state index in [1.54, 1.807) is 0 Å². The molecule has 0 aliphatic rings. The fraction of sp³-hybridized carbons (Fsp3) is 0.750. The van der Waals surface area contributed by atoms with Crippen LogP contribution in [0.4, 0.5) is 0 Å². The van der Waals surface area contributed by atoms with E-state index in [1.807, 2.05) is 0 Å². The second-order valence-corrected chi connectivity index (χ2v) is 1.55. The van der Waals surface area contributed by atoms with Crippen molar-refractivity contribution in [1.82, 2.24) is 5.73 Å². The molecule has 0 heterocycles. The lowest BCUT2D eigenvalue weighted by Gasteiger charge is -2.00. The van der Waals surface area contributed by atoms with Gasteiger partial charge in [-0.2, -0.15) is 0 Å². The van der Waals surface area contributed by atoms with E-state index in [0.29, 0.717) is 13.0 Å². The molecule has 0 rings (SSSR count). The lowest BCUT2D eigenvalue weighted by atomic mass is 10.2. The minimum absolute atomic E-state index is 0.367. The lowest BCUT2D eigenvalue weighted by molar-refractivity contribution is -0.119. The molecule has 0 saturated heterocycles. The summed E-state index contributed by atoms with van der Waals surface area (Å²) in [5.41, 5.74) is 16.6. The Morgan fingerprint density at radius 1 is 1.75 bits per heavy atom. The first-order valence-corrected chi connectivity index (χ1v) is 2.39. The van der Waals surface area contributed by atoms with Crippen molar-refractivity contribution in [2.45, 2.75) is 12.5 Å². The Balaban J connectivity index is 3.32. The molecule has 0 saturated carbocycles. The van der Waals surface area contributed by atoms with Crippen molar-refractivity contribution in [2.24, 2.45) is 11.5 Å². The maximum atomic E-state index is 10.0. The Bertz CT molecular complexity index is 83.4. The van der Waals surface area contributed by atoms with Gasteiger partial charge in [-0.3, -0.25) is 10.5 Å². The Morgan fingerprint density at radius 2 is 2.25 bits per heavy atom. The van der Waals surface area contributed by atoms with Gasteiger partial charge in [-0.15, -0.1) is 0 Å². The van der Waals surface area contributed by atoms with Crippen LogP contribution in [-0.4, -0.2) is 18.5 Å². The number of carbonyl (C=O) groups is 1. The third-order valence-corrected chi connectivity index (χ3v) is 0.814. The van der Waals surface area contributed by atoms with Crippen LogP contribution in [0.15, 0.2) is 0 Å². The summed E-state index contributed by atoms with van der Waals surface area (Å²) in [7, 11) is 0. The van der Waals surface area contributed by atoms with Crippen LogP contribution in [0, 0.1) is 0 Å². The average molecular weight is 116 g/mol. The van der Waals surface area contributed by atoms with E-state index in [1.165, 1.54) is 0 Å². The monoisotopic (exact) mass is 116 g/mol. The number of rotatable bonds is 3. The van der Waals surface area contributed by atoms with Gasteiger partial charge in [-0.05, 0) is 13.0 Å². The van der Waals surface area contributed by atoms with Crippen LogP contribution >= 0.6 is 0 Å². The summed E-state index contributed by atoms with van der Waals surface area (Å²) in [6.45, 7) is 0.367. The van der Waals surface area contributed by atoms with Crippen molar-refractivity contribution in [3.63, 3.8) is 0 Å². The minimum atomic E-state index is -0.740. The number of nitrogens with two attached hydrogens (primary N) is 2. The molecular weight excluding hydrogens is 106 g/mol. The largest absolute Gasteiger partial charge is 0.330 e. The second kappa shape index (κ2) is 3.40. The van der Waals surface area contributed by atoms with Gasteiger partial charge < -0.3 is 11.5 Å². The predicted molar refractivity (Wildman–Crippen MR) is 29.8 cm³/mol. The van der Waals surface area contributed by atoms with Crippen molar-refractivity contribution < 1.29 is 4.79 Å². The summed E-state index contributed by atoms with van der Waals surface area (Å²) < 4.78 is 0. The van der Waals surface area contributed by atoms with Gasteiger partial charge in [-0.1, -0.05) is 0 Å². The topological polar surface area (TPSA) is 92.9 Å². The van der Waals surface area contributed by atoms with E-state index < -0.39 is 11.9 Å². The van der Waals surface area contributed by atoms with Crippen molar-refractivity contribution >= 4 is 5.91 Å². The van der Waals surface area contributed by atoms with Gasteiger partial charge in [0.25, 0.3) is 5.91 Å². The van der Waals surface area contributed by atoms with E-state index in [9.17, 15) is 4.79 Å². The van der Waals surface area contributed by atoms with Crippen LogP contribution in [0.2, 0.25) is 0 Å². The maximum absolute atomic E-state index is 10.0. The number of carbonyl (C=O) groups excluding carboxylic acids is 1. The molecule has 4 heteroatoms. The molecule has 4 nitrogen and oxygen atoms in total. The highest BCUT2D eigenvalue weighted by molar-refractivity contribution is 5.78. The van der Waals surface area contributed by atoms with Gasteiger partial charge in [0, 0.05) is 0 Å². The van der Waals surface area contributed by atoms with Gasteiger partial charge in [0.2, 0.25) is 0 Å². The van der Waals surface area contributed by atoms with E-state index in [2.05, 4.69) is 0 Å². The molecular formula is C4H10N3O. The Hall–Kier alpha value is -0.610. The van der Waals surface area contributed by atoms with Crippen LogP contribution in [0.3, 0.4) is 0 Å². The van der Waals surface area contributed by atoms with Crippen LogP contribution in [-0.2, 0) is 4.79 Å². The van der Waals surface area contributed by atoms with Gasteiger partial charge in [0.05, 0.1) is 6.04 Å². The fourth-order valence-corrected chi connectivity index (χ4v) is 0.311. The van der Waals surface area contributed by atoms with E-state index in [-0.39, 0.29) is 0 Å². The van der Waals surface area contributed by atoms with Crippen LogP contribution in [0.1, 0.15) is 6.42 Å². The molecule has 0 bridgehead atoms. The zero-order chi connectivity index (χ0) is 6.57. The highest BCUT2D eigenvalue weighted by Crippen LogP contribution is 1.81. The van der Waals surface area contributed by atoms with Gasteiger partial charge in [-0.25, -0.2) is 0 Å². The van der Waals surface area contributed by atoms with Crippen molar-refractivity contribution in [2.75, 3.05) is 6.54 Å². The SMILES string of the molecule is [NH]C(=O)[C@H](N)CCN. The summed E-state index contributed by atoms with van der Waals surface area (Å²) in [6, 6.07) is -0.681. The van der Waals surface area contributed by atoms with Gasteiger partial charge in [0.1, 0.15) is 0 Å². The summed E-state index contributed by atoms with van der Waals surface area (Å²) >= 11 is 0. The lowest BCUT2D eigenvalue weighted by Crippen LogP contribution is -2.33. The van der Waals surface area contributed by atoms with Crippen molar-refractivity contribution in [3.05, 3.63) is 0 Å². The number of hydrogen-bond acceptors (Lipinski definition) is 3. The quantitative estimate of drug-likeness (QED) is 0.468. The zero-order valence-corrected chi connectivity index (χ0v) is 4.55. The van der Waals surface area contributed by atoms with Crippen molar-refractivity contribution in [1.29, 1.82) is 0 Å². The van der Waals surface area contributed by atoms with E-state index >= 15 is 0 Å². The first-order valence-electron chi connectivity index (χ1n) is 2.39. The molecule has 0 spiro atoms. The van der Waals surface area contributed by atoms with Gasteiger partial charge >= 0.3 is 0 Å². The Morgan fingerprint density at radius 3 is 2.38 bits per heavy atom. The molecule has 1 radical (unpaired) electrons. The van der Waals surface area contributed by atoms with E-state index in [0.717, 1.165) is 0 Å². The van der Waals surface area contributed by atoms with E-state index in [4.69, 9.17) is 17.2 Å².